The highest BCUT2D eigenvalue weighted by Crippen LogP contribution is 2.39. The van der Waals surface area contributed by atoms with Gasteiger partial charge >= 0.3 is 13.3 Å². The summed E-state index contributed by atoms with van der Waals surface area (Å²) in [7, 11) is -4.32. The highest BCUT2D eigenvalue weighted by molar-refractivity contribution is 7.51. The molecular formula is C16H19N2O8P. The summed E-state index contributed by atoms with van der Waals surface area (Å²) < 4.78 is 17.6. The van der Waals surface area contributed by atoms with Crippen LogP contribution in [-0.4, -0.2) is 54.0 Å². The Morgan fingerprint density at radius 2 is 1.78 bits per heavy atom. The minimum absolute atomic E-state index is 0.177. The van der Waals surface area contributed by atoms with Gasteiger partial charge in [-0.1, -0.05) is 30.3 Å². The number of aliphatic hydroxyl groups is 2. The van der Waals surface area contributed by atoms with Crippen LogP contribution in [0.2, 0.25) is 0 Å². The van der Waals surface area contributed by atoms with Gasteiger partial charge in [0.2, 0.25) is 0 Å². The van der Waals surface area contributed by atoms with E-state index in [2.05, 4.69) is 4.98 Å². The van der Waals surface area contributed by atoms with Gasteiger partial charge in [0.25, 0.3) is 5.56 Å². The topological polar surface area (TPSA) is 162 Å². The van der Waals surface area contributed by atoms with Crippen LogP contribution in [0.5, 0.6) is 0 Å². The number of aromatic nitrogens is 2. The summed E-state index contributed by atoms with van der Waals surface area (Å²) in [5.74, 6) is 0. The standard InChI is InChI=1S/C16H19N2O8P/c19-12-8-10(9-4-2-1-3-5-9)18(16(22)17-12)15-14(21)13(20)11(26-15)6-7-27(23,24)25/h1-5,8,11,13-15,20-21H,6-7H2,(H,17,19,22)(H2,23,24,25)/t11-,13-,14-,15-/m1/s1. The Hall–Kier alpha value is -2.07. The molecule has 27 heavy (non-hydrogen) atoms. The van der Waals surface area contributed by atoms with Crippen molar-refractivity contribution in [1.82, 2.24) is 9.55 Å². The average molecular weight is 398 g/mol. The van der Waals surface area contributed by atoms with E-state index in [-0.39, 0.29) is 12.1 Å². The molecule has 146 valence electrons. The van der Waals surface area contributed by atoms with Gasteiger partial charge in [0, 0.05) is 6.07 Å². The molecule has 0 unspecified atom stereocenters. The van der Waals surface area contributed by atoms with Crippen LogP contribution in [0.4, 0.5) is 0 Å². The second kappa shape index (κ2) is 7.51. The molecule has 0 amide bonds. The molecule has 0 radical (unpaired) electrons. The first-order chi connectivity index (χ1) is 12.7. The highest BCUT2D eigenvalue weighted by atomic mass is 31.2. The third-order valence-electron chi connectivity index (χ3n) is 4.34. The van der Waals surface area contributed by atoms with Crippen molar-refractivity contribution in [3.63, 3.8) is 0 Å². The van der Waals surface area contributed by atoms with Crippen molar-refractivity contribution >= 4 is 7.60 Å². The van der Waals surface area contributed by atoms with E-state index in [1.165, 1.54) is 6.07 Å². The van der Waals surface area contributed by atoms with Crippen LogP contribution in [0.25, 0.3) is 11.3 Å². The smallest absolute Gasteiger partial charge is 0.331 e. The first kappa shape index (κ1) is 19.7. The van der Waals surface area contributed by atoms with E-state index < -0.39 is 49.5 Å². The second-order valence-electron chi connectivity index (χ2n) is 6.28. The van der Waals surface area contributed by atoms with E-state index in [1.54, 1.807) is 30.3 Å². The number of benzene rings is 1. The number of hydrogen-bond acceptors (Lipinski definition) is 6. The monoisotopic (exact) mass is 398 g/mol. The summed E-state index contributed by atoms with van der Waals surface area (Å²) in [5.41, 5.74) is -0.782. The molecule has 11 heteroatoms. The van der Waals surface area contributed by atoms with Crippen LogP contribution in [0.1, 0.15) is 12.6 Å². The van der Waals surface area contributed by atoms with E-state index in [4.69, 9.17) is 14.5 Å². The van der Waals surface area contributed by atoms with Gasteiger partial charge in [-0.05, 0) is 12.0 Å². The molecule has 1 aliphatic heterocycles. The van der Waals surface area contributed by atoms with E-state index in [0.717, 1.165) is 4.57 Å². The van der Waals surface area contributed by atoms with Gasteiger partial charge in [-0.2, -0.15) is 0 Å². The van der Waals surface area contributed by atoms with Crippen LogP contribution in [0, 0.1) is 0 Å². The maximum atomic E-state index is 12.4. The Balaban J connectivity index is 2.00. The summed E-state index contributed by atoms with van der Waals surface area (Å²) in [4.78, 5) is 44.3. The third-order valence-corrected chi connectivity index (χ3v) is 5.18. The number of hydrogen-bond donors (Lipinski definition) is 5. The molecule has 1 aliphatic rings. The Bertz CT molecular complexity index is 966. The minimum Gasteiger partial charge on any atom is -0.388 e. The number of nitrogens with one attached hydrogen (secondary N) is 1. The van der Waals surface area contributed by atoms with Crippen molar-refractivity contribution in [3.05, 3.63) is 57.2 Å². The number of rotatable bonds is 5. The predicted molar refractivity (Wildman–Crippen MR) is 94.2 cm³/mol. The molecule has 0 aliphatic carbocycles. The fourth-order valence-corrected chi connectivity index (χ4v) is 3.66. The molecule has 0 saturated carbocycles. The molecule has 2 heterocycles. The fraction of sp³-hybridized carbons (Fsp3) is 0.375. The molecule has 1 fully saturated rings. The highest BCUT2D eigenvalue weighted by Gasteiger charge is 2.45. The lowest BCUT2D eigenvalue weighted by Gasteiger charge is -2.21. The fourth-order valence-electron chi connectivity index (χ4n) is 3.07. The first-order valence-electron chi connectivity index (χ1n) is 8.15. The quantitative estimate of drug-likeness (QED) is 0.417. The van der Waals surface area contributed by atoms with Crippen LogP contribution < -0.4 is 11.2 Å². The van der Waals surface area contributed by atoms with Crippen molar-refractivity contribution in [2.45, 2.75) is 31.0 Å². The van der Waals surface area contributed by atoms with E-state index in [0.29, 0.717) is 5.56 Å². The van der Waals surface area contributed by atoms with E-state index >= 15 is 0 Å². The molecule has 5 N–H and O–H groups in total. The van der Waals surface area contributed by atoms with Crippen molar-refractivity contribution in [2.24, 2.45) is 0 Å². The summed E-state index contributed by atoms with van der Waals surface area (Å²) >= 11 is 0. The van der Waals surface area contributed by atoms with Gasteiger partial charge in [-0.15, -0.1) is 0 Å². The minimum atomic E-state index is -4.32. The maximum absolute atomic E-state index is 12.4. The number of ether oxygens (including phenoxy) is 1. The molecule has 0 bridgehead atoms. The largest absolute Gasteiger partial charge is 0.388 e. The van der Waals surface area contributed by atoms with Crippen molar-refractivity contribution < 1.29 is 29.3 Å². The van der Waals surface area contributed by atoms with Gasteiger partial charge in [0.1, 0.15) is 12.2 Å². The lowest BCUT2D eigenvalue weighted by atomic mass is 10.1. The van der Waals surface area contributed by atoms with Gasteiger partial charge in [0.05, 0.1) is 18.0 Å². The zero-order valence-corrected chi connectivity index (χ0v) is 14.9. The summed E-state index contributed by atoms with van der Waals surface area (Å²) in [5, 5.41) is 20.5. The second-order valence-corrected chi connectivity index (χ2v) is 8.06. The summed E-state index contributed by atoms with van der Waals surface area (Å²) in [6.45, 7) is 0. The number of aromatic amines is 1. The predicted octanol–water partition coefficient (Wildman–Crippen LogP) is -0.609. The lowest BCUT2D eigenvalue weighted by Crippen LogP contribution is -2.38. The Morgan fingerprint density at radius 3 is 2.41 bits per heavy atom. The normalized spacial score (nSPS) is 25.6. The molecule has 4 atom stereocenters. The van der Waals surface area contributed by atoms with Crippen LogP contribution in [0.15, 0.2) is 46.0 Å². The van der Waals surface area contributed by atoms with Gasteiger partial charge < -0.3 is 24.7 Å². The van der Waals surface area contributed by atoms with E-state index in [9.17, 15) is 24.4 Å². The number of aliphatic hydroxyl groups excluding tert-OH is 2. The molecule has 0 spiro atoms. The Kier molecular flexibility index (Phi) is 5.48. The van der Waals surface area contributed by atoms with Crippen molar-refractivity contribution in [3.8, 4) is 11.3 Å². The summed E-state index contributed by atoms with van der Waals surface area (Å²) in [6, 6.07) is 9.65. The molecular weight excluding hydrogens is 379 g/mol. The molecule has 1 aromatic carbocycles. The molecule has 3 rings (SSSR count). The zero-order chi connectivity index (χ0) is 19.8. The molecule has 1 saturated heterocycles. The van der Waals surface area contributed by atoms with Crippen LogP contribution in [0.3, 0.4) is 0 Å². The number of H-pyrrole nitrogens is 1. The van der Waals surface area contributed by atoms with Crippen LogP contribution >= 0.6 is 7.60 Å². The van der Waals surface area contributed by atoms with Gasteiger partial charge in [0.15, 0.2) is 6.23 Å². The number of nitrogens with zero attached hydrogens (tertiary/aromatic N) is 1. The Labute approximate surface area is 152 Å². The first-order valence-corrected chi connectivity index (χ1v) is 9.94. The molecule has 10 nitrogen and oxygen atoms in total. The Morgan fingerprint density at radius 1 is 1.11 bits per heavy atom. The SMILES string of the molecule is O=c1cc(-c2ccccc2)n([C@@H]2O[C@H](CCP(=O)(O)O)[C@@H](O)[C@H]2O)c(=O)[nH]1. The van der Waals surface area contributed by atoms with Crippen molar-refractivity contribution in [2.75, 3.05) is 6.16 Å². The molecule has 2 aromatic rings. The maximum Gasteiger partial charge on any atom is 0.331 e. The average Bonchev–Trinajstić information content (AvgIpc) is 2.88. The lowest BCUT2D eigenvalue weighted by molar-refractivity contribution is -0.0394. The van der Waals surface area contributed by atoms with Crippen LogP contribution in [-0.2, 0) is 9.30 Å². The molecule has 1 aromatic heterocycles. The zero-order valence-electron chi connectivity index (χ0n) is 14.0. The third kappa shape index (κ3) is 4.27. The van der Waals surface area contributed by atoms with E-state index in [1.807, 2.05) is 0 Å². The van der Waals surface area contributed by atoms with Gasteiger partial charge in [-0.3, -0.25) is 18.9 Å². The summed E-state index contributed by atoms with van der Waals surface area (Å²) in [6.07, 6.45) is -6.15. The van der Waals surface area contributed by atoms with Gasteiger partial charge in [-0.25, -0.2) is 4.79 Å². The van der Waals surface area contributed by atoms with Crippen molar-refractivity contribution in [1.29, 1.82) is 0 Å².